The number of pyridine rings is 2. The fourth-order valence-electron chi connectivity index (χ4n) is 4.10. The summed E-state index contributed by atoms with van der Waals surface area (Å²) in [5, 5.41) is 7.38. The molecule has 0 spiro atoms. The van der Waals surface area contributed by atoms with E-state index in [2.05, 4.69) is 33.3 Å². The van der Waals surface area contributed by atoms with Gasteiger partial charge < -0.3 is 10.2 Å². The zero-order valence-corrected chi connectivity index (χ0v) is 16.3. The summed E-state index contributed by atoms with van der Waals surface area (Å²) < 4.78 is 1.93. The average Bonchev–Trinajstić information content (AvgIpc) is 3.37. The van der Waals surface area contributed by atoms with Crippen molar-refractivity contribution in [1.82, 2.24) is 19.7 Å². The molecule has 0 unspecified atom stereocenters. The van der Waals surface area contributed by atoms with Crippen molar-refractivity contribution in [2.75, 3.05) is 28.2 Å². The molecule has 0 radical (unpaired) electrons. The van der Waals surface area contributed by atoms with Gasteiger partial charge in [-0.05, 0) is 37.1 Å². The highest BCUT2D eigenvalue weighted by Gasteiger charge is 2.40. The maximum Gasteiger partial charge on any atom is 0.327 e. The summed E-state index contributed by atoms with van der Waals surface area (Å²) in [6.45, 7) is 4.77. The van der Waals surface area contributed by atoms with Gasteiger partial charge in [-0.3, -0.25) is 14.6 Å². The Balaban J connectivity index is 1.50. The molecule has 5 rings (SSSR count). The van der Waals surface area contributed by atoms with Gasteiger partial charge in [0.05, 0.1) is 35.5 Å². The molecular formula is C21H23N7O. The molecule has 5 heterocycles. The largest absolute Gasteiger partial charge is 0.366 e. The van der Waals surface area contributed by atoms with Crippen LogP contribution in [0, 0.1) is 0 Å². The molecule has 1 saturated heterocycles. The van der Waals surface area contributed by atoms with Crippen molar-refractivity contribution in [3.05, 3.63) is 49.1 Å². The summed E-state index contributed by atoms with van der Waals surface area (Å²) in [7, 11) is 0. The highest BCUT2D eigenvalue weighted by Crippen LogP contribution is 2.40. The van der Waals surface area contributed by atoms with Crippen LogP contribution >= 0.6 is 0 Å². The molecule has 29 heavy (non-hydrogen) atoms. The second-order valence-electron chi connectivity index (χ2n) is 7.46. The summed E-state index contributed by atoms with van der Waals surface area (Å²) in [5.41, 5.74) is 3.47. The molecule has 2 amide bonds. The zero-order valence-electron chi connectivity index (χ0n) is 16.3. The lowest BCUT2D eigenvalue weighted by Gasteiger charge is -2.35. The maximum atomic E-state index is 13.2. The molecule has 3 aromatic rings. The first-order chi connectivity index (χ1) is 14.2. The van der Waals surface area contributed by atoms with E-state index < -0.39 is 0 Å². The SMILES string of the molecule is CCCn1cc(-c2ccc3c(n2)N(C(=O)Nc2cccnc2)[C@H]2CCN3C2)cn1. The van der Waals surface area contributed by atoms with Crippen molar-refractivity contribution in [3.63, 3.8) is 0 Å². The number of hydrogen-bond donors (Lipinski definition) is 1. The van der Waals surface area contributed by atoms with E-state index in [9.17, 15) is 4.79 Å². The van der Waals surface area contributed by atoms with E-state index in [1.807, 2.05) is 34.1 Å². The third-order valence-electron chi connectivity index (χ3n) is 5.47. The van der Waals surface area contributed by atoms with E-state index in [-0.39, 0.29) is 12.1 Å². The van der Waals surface area contributed by atoms with Crippen LogP contribution in [0.15, 0.2) is 49.1 Å². The van der Waals surface area contributed by atoms with Gasteiger partial charge in [-0.25, -0.2) is 9.78 Å². The zero-order chi connectivity index (χ0) is 19.8. The number of aryl methyl sites for hydroxylation is 1. The van der Waals surface area contributed by atoms with Crippen LogP contribution < -0.4 is 15.1 Å². The van der Waals surface area contributed by atoms with Crippen LogP contribution in [-0.2, 0) is 6.54 Å². The van der Waals surface area contributed by atoms with Crippen molar-refractivity contribution in [1.29, 1.82) is 0 Å². The Hall–Kier alpha value is -3.42. The molecule has 0 saturated carbocycles. The summed E-state index contributed by atoms with van der Waals surface area (Å²) in [6.07, 6.45) is 9.14. The molecule has 2 bridgehead atoms. The van der Waals surface area contributed by atoms with Gasteiger partial charge in [0.1, 0.15) is 0 Å². The fourth-order valence-corrected chi connectivity index (χ4v) is 4.10. The lowest BCUT2D eigenvalue weighted by Crippen LogP contribution is -2.48. The van der Waals surface area contributed by atoms with Crippen LogP contribution in [0.4, 0.5) is 22.0 Å². The van der Waals surface area contributed by atoms with Crippen LogP contribution in [0.1, 0.15) is 19.8 Å². The first kappa shape index (κ1) is 17.7. The standard InChI is InChI=1S/C21H23N7O/c1-2-9-27-13-15(11-23-27)18-5-6-19-20(25-18)28(17-7-10-26(19)14-17)21(29)24-16-4-3-8-22-12-16/h3-6,8,11-13,17H,2,7,9-10,14H2,1H3,(H,24,29)/t17-/m0/s1. The Labute approximate surface area is 169 Å². The van der Waals surface area contributed by atoms with Crippen molar-refractivity contribution >= 4 is 23.2 Å². The summed E-state index contributed by atoms with van der Waals surface area (Å²) >= 11 is 0. The maximum absolute atomic E-state index is 13.2. The quantitative estimate of drug-likeness (QED) is 0.740. The van der Waals surface area contributed by atoms with Gasteiger partial charge >= 0.3 is 6.03 Å². The van der Waals surface area contributed by atoms with Crippen molar-refractivity contribution in [2.45, 2.75) is 32.4 Å². The Morgan fingerprint density at radius 1 is 1.28 bits per heavy atom. The molecule has 1 N–H and O–H groups in total. The third kappa shape index (κ3) is 3.20. The smallest absolute Gasteiger partial charge is 0.327 e. The van der Waals surface area contributed by atoms with Gasteiger partial charge in [0, 0.05) is 37.6 Å². The number of aromatic nitrogens is 4. The predicted molar refractivity (Wildman–Crippen MR) is 112 cm³/mol. The Morgan fingerprint density at radius 2 is 2.21 bits per heavy atom. The monoisotopic (exact) mass is 389 g/mol. The Kier molecular flexibility index (Phi) is 4.38. The van der Waals surface area contributed by atoms with Crippen molar-refractivity contribution in [2.24, 2.45) is 0 Å². The third-order valence-corrected chi connectivity index (χ3v) is 5.47. The number of hydrogen-bond acceptors (Lipinski definition) is 5. The van der Waals surface area contributed by atoms with Crippen LogP contribution in [-0.4, -0.2) is 44.9 Å². The van der Waals surface area contributed by atoms with Gasteiger partial charge in [0.15, 0.2) is 5.82 Å². The number of nitrogens with zero attached hydrogens (tertiary/aromatic N) is 6. The first-order valence-electron chi connectivity index (χ1n) is 10.0. The normalized spacial score (nSPS) is 17.3. The van der Waals surface area contributed by atoms with Crippen LogP contribution in [0.3, 0.4) is 0 Å². The van der Waals surface area contributed by atoms with Gasteiger partial charge in [0.25, 0.3) is 0 Å². The second kappa shape index (κ2) is 7.20. The topological polar surface area (TPSA) is 79.2 Å². The van der Waals surface area contributed by atoms with E-state index >= 15 is 0 Å². The second-order valence-corrected chi connectivity index (χ2v) is 7.46. The van der Waals surface area contributed by atoms with E-state index in [1.54, 1.807) is 18.5 Å². The molecule has 8 nitrogen and oxygen atoms in total. The molecule has 1 fully saturated rings. The molecule has 8 heteroatoms. The number of anilines is 3. The molecule has 2 aliphatic rings. The Morgan fingerprint density at radius 3 is 3.03 bits per heavy atom. The minimum absolute atomic E-state index is 0.115. The van der Waals surface area contributed by atoms with E-state index in [0.29, 0.717) is 11.5 Å². The Bertz CT molecular complexity index is 1030. The van der Waals surface area contributed by atoms with Crippen LogP contribution in [0.5, 0.6) is 0 Å². The minimum Gasteiger partial charge on any atom is -0.366 e. The van der Waals surface area contributed by atoms with Crippen LogP contribution in [0.25, 0.3) is 11.3 Å². The molecule has 0 aliphatic carbocycles. The first-order valence-corrected chi connectivity index (χ1v) is 10.0. The number of nitrogens with one attached hydrogen (secondary N) is 1. The van der Waals surface area contributed by atoms with Gasteiger partial charge in [-0.15, -0.1) is 0 Å². The van der Waals surface area contributed by atoms with Crippen molar-refractivity contribution < 1.29 is 4.79 Å². The average molecular weight is 389 g/mol. The number of amides is 2. The lowest BCUT2D eigenvalue weighted by atomic mass is 10.1. The molecular weight excluding hydrogens is 366 g/mol. The molecule has 1 atom stereocenters. The molecule has 0 aromatic carbocycles. The minimum atomic E-state index is -0.169. The number of rotatable bonds is 4. The summed E-state index contributed by atoms with van der Waals surface area (Å²) in [4.78, 5) is 26.3. The van der Waals surface area contributed by atoms with E-state index in [1.165, 1.54) is 0 Å². The van der Waals surface area contributed by atoms with Crippen molar-refractivity contribution in [3.8, 4) is 11.3 Å². The molecule has 2 aliphatic heterocycles. The number of fused-ring (bicyclic) bond motifs is 4. The molecule has 3 aromatic heterocycles. The molecule has 148 valence electrons. The van der Waals surface area contributed by atoms with Gasteiger partial charge in [-0.2, -0.15) is 5.10 Å². The van der Waals surface area contributed by atoms with E-state index in [4.69, 9.17) is 4.98 Å². The van der Waals surface area contributed by atoms with Gasteiger partial charge in [-0.1, -0.05) is 6.92 Å². The summed E-state index contributed by atoms with van der Waals surface area (Å²) in [5.74, 6) is 0.709. The van der Waals surface area contributed by atoms with E-state index in [0.717, 1.165) is 49.4 Å². The number of carbonyl (C=O) groups excluding carboxylic acids is 1. The number of carbonyl (C=O) groups is 1. The lowest BCUT2D eigenvalue weighted by molar-refractivity contribution is 0.255. The highest BCUT2D eigenvalue weighted by atomic mass is 16.2. The van der Waals surface area contributed by atoms with Crippen LogP contribution in [0.2, 0.25) is 0 Å². The van der Waals surface area contributed by atoms with Gasteiger partial charge in [0.2, 0.25) is 0 Å². The number of urea groups is 1. The highest BCUT2D eigenvalue weighted by molar-refractivity contribution is 6.04. The summed E-state index contributed by atoms with van der Waals surface area (Å²) in [6, 6.07) is 7.68. The predicted octanol–water partition coefficient (Wildman–Crippen LogP) is 3.38. The fraction of sp³-hybridized carbons (Fsp3) is 0.333.